The molecule has 4 aliphatic rings. The maximum atomic E-state index is 12.0. The van der Waals surface area contributed by atoms with E-state index < -0.39 is 12.4 Å². The van der Waals surface area contributed by atoms with Gasteiger partial charge in [0, 0.05) is 12.7 Å². The number of carbonyl (C=O) groups is 1. The Kier molecular flexibility index (Phi) is 6.49. The number of hydrogen-bond donors (Lipinski definition) is 1. The van der Waals surface area contributed by atoms with E-state index >= 15 is 0 Å². The fraction of sp³-hybridized carbons (Fsp3) is 0.500. The molecule has 1 unspecified atom stereocenters. The molecule has 1 N–H and O–H groups in total. The molecule has 2 aromatic carbocycles. The van der Waals surface area contributed by atoms with E-state index in [0.717, 1.165) is 34.3 Å². The minimum absolute atomic E-state index is 0.0985. The summed E-state index contributed by atoms with van der Waals surface area (Å²) < 4.78 is 17.5. The van der Waals surface area contributed by atoms with Gasteiger partial charge in [-0.15, -0.1) is 0 Å². The Labute approximate surface area is 207 Å². The first-order chi connectivity index (χ1) is 16.9. The van der Waals surface area contributed by atoms with Gasteiger partial charge in [-0.1, -0.05) is 24.8 Å². The van der Waals surface area contributed by atoms with Gasteiger partial charge in [-0.25, -0.2) is 4.79 Å². The van der Waals surface area contributed by atoms with E-state index in [1.807, 2.05) is 25.1 Å². The molecular weight excluding hydrogens is 440 g/mol. The van der Waals surface area contributed by atoms with Crippen LogP contribution >= 0.6 is 0 Å². The number of benzene rings is 2. The quantitative estimate of drug-likeness (QED) is 0.248. The number of hydrogen-bond acceptors (Lipinski definition) is 4. The zero-order valence-electron chi connectivity index (χ0n) is 21.0. The number of carboxylic acids is 1. The van der Waals surface area contributed by atoms with Gasteiger partial charge in [-0.2, -0.15) is 0 Å². The van der Waals surface area contributed by atoms with E-state index in [-0.39, 0.29) is 11.0 Å². The summed E-state index contributed by atoms with van der Waals surface area (Å²) in [6, 6.07) is 10.2. The molecule has 0 aliphatic heterocycles. The number of fused-ring (bicyclic) bond motifs is 1. The van der Waals surface area contributed by atoms with E-state index in [1.165, 1.54) is 44.1 Å². The minimum Gasteiger partial charge on any atom is -0.478 e. The highest BCUT2D eigenvalue weighted by Crippen LogP contribution is 2.62. The largest absolute Gasteiger partial charge is 0.478 e. The van der Waals surface area contributed by atoms with Crippen molar-refractivity contribution in [3.05, 3.63) is 59.7 Å². The summed E-state index contributed by atoms with van der Waals surface area (Å²) in [6.07, 6.45) is 9.28. The molecule has 0 aromatic heterocycles. The van der Waals surface area contributed by atoms with Crippen LogP contribution in [0.2, 0.25) is 0 Å². The molecule has 4 bridgehead atoms. The lowest BCUT2D eigenvalue weighted by atomic mass is 9.48. The average molecular weight is 477 g/mol. The summed E-state index contributed by atoms with van der Waals surface area (Å²) in [5, 5.41) is 11.9. The van der Waals surface area contributed by atoms with Crippen molar-refractivity contribution in [2.45, 2.75) is 64.3 Å². The molecule has 35 heavy (non-hydrogen) atoms. The van der Waals surface area contributed by atoms with E-state index in [1.54, 1.807) is 20.1 Å². The molecule has 5 nitrogen and oxygen atoms in total. The molecule has 0 radical (unpaired) electrons. The molecule has 0 heterocycles. The van der Waals surface area contributed by atoms with Crippen molar-refractivity contribution in [2.24, 2.45) is 17.8 Å². The van der Waals surface area contributed by atoms with Crippen molar-refractivity contribution in [3.8, 4) is 5.75 Å². The molecule has 4 saturated carbocycles. The standard InChI is InChI=1S/C30H36O5/c1-5-18(3)27(28(31)32)23-8-7-22-14-26(35-29(33-4)34-6-2)25(13-24(22)12-23)30-15-19-9-20(16-30)11-21(10-19)17-30/h5,7-8,12-14,19-21,29H,1,6,9-11,15-17H2,2-4H3,(H,31,32). The predicted octanol–water partition coefficient (Wildman–Crippen LogP) is 6.70. The maximum Gasteiger partial charge on any atom is 0.336 e. The highest BCUT2D eigenvalue weighted by Gasteiger charge is 2.52. The van der Waals surface area contributed by atoms with Gasteiger partial charge in [0.1, 0.15) is 5.75 Å². The van der Waals surface area contributed by atoms with E-state index in [2.05, 4.69) is 18.7 Å². The zero-order chi connectivity index (χ0) is 24.7. The van der Waals surface area contributed by atoms with Crippen LogP contribution in [0.25, 0.3) is 16.3 Å². The number of methoxy groups -OCH3 is 1. The van der Waals surface area contributed by atoms with Gasteiger partial charge in [-0.3, -0.25) is 0 Å². The highest BCUT2D eigenvalue weighted by atomic mass is 16.8. The van der Waals surface area contributed by atoms with Crippen LogP contribution in [0.3, 0.4) is 0 Å². The van der Waals surface area contributed by atoms with Crippen molar-refractivity contribution in [2.75, 3.05) is 13.7 Å². The lowest BCUT2D eigenvalue weighted by molar-refractivity contribution is -0.231. The lowest BCUT2D eigenvalue weighted by Gasteiger charge is -2.57. The molecule has 0 saturated heterocycles. The number of aliphatic carboxylic acids is 1. The zero-order valence-corrected chi connectivity index (χ0v) is 21.0. The second-order valence-corrected chi connectivity index (χ2v) is 10.8. The third-order valence-electron chi connectivity index (χ3n) is 8.47. The molecule has 2 aromatic rings. The number of allylic oxidation sites excluding steroid dienone is 2. The monoisotopic (exact) mass is 476 g/mol. The van der Waals surface area contributed by atoms with E-state index in [4.69, 9.17) is 14.2 Å². The molecule has 4 fully saturated rings. The van der Waals surface area contributed by atoms with Gasteiger partial charge in [0.15, 0.2) is 0 Å². The Balaban J connectivity index is 1.65. The summed E-state index contributed by atoms with van der Waals surface area (Å²) in [5.74, 6) is 2.25. The highest BCUT2D eigenvalue weighted by molar-refractivity contribution is 6.17. The average Bonchev–Trinajstić information content (AvgIpc) is 2.82. The van der Waals surface area contributed by atoms with Gasteiger partial charge in [0.2, 0.25) is 0 Å². The van der Waals surface area contributed by atoms with Crippen LogP contribution in [-0.4, -0.2) is 31.3 Å². The van der Waals surface area contributed by atoms with Crippen molar-refractivity contribution in [1.82, 2.24) is 0 Å². The molecule has 0 spiro atoms. The SMILES string of the molecule is C=CC(C)=C(C(=O)O)c1ccc2cc(OC(OC)OCC)c(C34CC5CC(CC(C5)C3)C4)cc2c1. The second kappa shape index (κ2) is 9.44. The summed E-state index contributed by atoms with van der Waals surface area (Å²) in [7, 11) is 1.60. The fourth-order valence-electron chi connectivity index (χ4n) is 7.40. The van der Waals surface area contributed by atoms with Crippen LogP contribution in [0.5, 0.6) is 5.75 Å². The second-order valence-electron chi connectivity index (χ2n) is 10.8. The fourth-order valence-corrected chi connectivity index (χ4v) is 7.40. The number of ether oxygens (including phenoxy) is 3. The van der Waals surface area contributed by atoms with E-state index in [9.17, 15) is 9.90 Å². The van der Waals surface area contributed by atoms with Gasteiger partial charge in [0.05, 0.1) is 12.2 Å². The van der Waals surface area contributed by atoms with Gasteiger partial charge < -0.3 is 19.3 Å². The van der Waals surface area contributed by atoms with Gasteiger partial charge in [0.25, 0.3) is 0 Å². The smallest absolute Gasteiger partial charge is 0.336 e. The molecule has 186 valence electrons. The topological polar surface area (TPSA) is 65.0 Å². The number of rotatable bonds is 9. The number of carboxylic acid groups (broad SMARTS) is 1. The normalized spacial score (nSPS) is 28.6. The van der Waals surface area contributed by atoms with E-state index in [0.29, 0.717) is 17.7 Å². The van der Waals surface area contributed by atoms with Crippen LogP contribution in [0.15, 0.2) is 48.6 Å². The first kappa shape index (κ1) is 24.1. The Morgan fingerprint density at radius 3 is 2.31 bits per heavy atom. The van der Waals surface area contributed by atoms with Crippen molar-refractivity contribution in [3.63, 3.8) is 0 Å². The summed E-state index contributed by atoms with van der Waals surface area (Å²) in [5.41, 5.74) is 2.95. The van der Waals surface area contributed by atoms with Crippen LogP contribution in [0.4, 0.5) is 0 Å². The van der Waals surface area contributed by atoms with Crippen LogP contribution in [0.1, 0.15) is 63.5 Å². The molecule has 1 atom stereocenters. The molecular formula is C30H36O5. The van der Waals surface area contributed by atoms with Crippen molar-refractivity contribution in [1.29, 1.82) is 0 Å². The Bertz CT molecular complexity index is 1140. The molecule has 5 heteroatoms. The summed E-state index contributed by atoms with van der Waals surface area (Å²) in [6.45, 7) is 7.22. The van der Waals surface area contributed by atoms with Crippen molar-refractivity contribution >= 4 is 22.3 Å². The van der Waals surface area contributed by atoms with Crippen molar-refractivity contribution < 1.29 is 24.1 Å². The molecule has 4 aliphatic carbocycles. The Morgan fingerprint density at radius 1 is 1.11 bits per heavy atom. The first-order valence-electron chi connectivity index (χ1n) is 12.8. The van der Waals surface area contributed by atoms with Crippen LogP contribution in [-0.2, 0) is 19.7 Å². The van der Waals surface area contributed by atoms with Crippen LogP contribution < -0.4 is 4.74 Å². The third kappa shape index (κ3) is 4.41. The van der Waals surface area contributed by atoms with Gasteiger partial charge in [-0.05, 0) is 116 Å². The lowest BCUT2D eigenvalue weighted by Crippen LogP contribution is -2.48. The molecule has 0 amide bonds. The molecule has 6 rings (SSSR count). The van der Waals surface area contributed by atoms with Gasteiger partial charge >= 0.3 is 12.4 Å². The summed E-state index contributed by atoms with van der Waals surface area (Å²) in [4.78, 5) is 12.0. The minimum atomic E-state index is -0.942. The first-order valence-corrected chi connectivity index (χ1v) is 12.8. The van der Waals surface area contributed by atoms with Crippen LogP contribution in [0, 0.1) is 17.8 Å². The maximum absolute atomic E-state index is 12.0. The Morgan fingerprint density at radius 2 is 1.77 bits per heavy atom. The Hall–Kier alpha value is -2.63. The third-order valence-corrected chi connectivity index (χ3v) is 8.47. The predicted molar refractivity (Wildman–Crippen MR) is 137 cm³/mol. The summed E-state index contributed by atoms with van der Waals surface area (Å²) >= 11 is 0.